The van der Waals surface area contributed by atoms with E-state index >= 15 is 0 Å². The average Bonchev–Trinajstić information content (AvgIpc) is 2.28. The summed E-state index contributed by atoms with van der Waals surface area (Å²) < 4.78 is 66.3. The van der Waals surface area contributed by atoms with Crippen LogP contribution in [0.15, 0.2) is 12.1 Å². The fourth-order valence-electron chi connectivity index (χ4n) is 1.45. The summed E-state index contributed by atoms with van der Waals surface area (Å²) in [6.07, 6.45) is -4.40. The van der Waals surface area contributed by atoms with Crippen LogP contribution in [0.2, 0.25) is 0 Å². The van der Waals surface area contributed by atoms with Crippen LogP contribution in [0, 0.1) is 18.6 Å². The van der Waals surface area contributed by atoms with Crippen molar-refractivity contribution in [3.63, 3.8) is 0 Å². The molecule has 0 bridgehead atoms. The van der Waals surface area contributed by atoms with E-state index in [2.05, 4.69) is 4.74 Å². The zero-order chi connectivity index (χ0) is 14.6. The number of rotatable bonds is 5. The van der Waals surface area contributed by atoms with Gasteiger partial charge >= 0.3 is 6.18 Å². The number of aryl methyl sites for hydroxylation is 1. The topological polar surface area (TPSA) is 9.23 Å². The van der Waals surface area contributed by atoms with Gasteiger partial charge in [-0.3, -0.25) is 0 Å². The van der Waals surface area contributed by atoms with Crippen LogP contribution >= 0.6 is 11.6 Å². The second-order valence-electron chi connectivity index (χ2n) is 4.05. The normalized spacial score (nSPS) is 13.6. The van der Waals surface area contributed by atoms with Gasteiger partial charge in [0.15, 0.2) is 0 Å². The van der Waals surface area contributed by atoms with Crippen LogP contribution in [-0.2, 0) is 4.74 Å². The maximum absolute atomic E-state index is 13.4. The lowest BCUT2D eigenvalue weighted by Crippen LogP contribution is -2.17. The predicted octanol–water partition coefficient (Wildman–Crippen LogP) is 4.52. The van der Waals surface area contributed by atoms with E-state index in [1.54, 1.807) is 0 Å². The maximum atomic E-state index is 13.4. The molecule has 1 unspecified atom stereocenters. The van der Waals surface area contributed by atoms with Crippen molar-refractivity contribution in [2.75, 3.05) is 13.2 Å². The Kier molecular flexibility index (Phi) is 5.55. The van der Waals surface area contributed by atoms with E-state index in [4.69, 9.17) is 11.6 Å². The first kappa shape index (κ1) is 16.2. The van der Waals surface area contributed by atoms with Gasteiger partial charge in [-0.15, -0.1) is 11.6 Å². The lowest BCUT2D eigenvalue weighted by Gasteiger charge is -2.13. The van der Waals surface area contributed by atoms with Gasteiger partial charge in [0.2, 0.25) is 0 Å². The molecule has 7 heteroatoms. The second-order valence-corrected chi connectivity index (χ2v) is 4.57. The molecule has 0 heterocycles. The molecule has 1 nitrogen and oxygen atoms in total. The Bertz CT molecular complexity index is 433. The number of ether oxygens (including phenoxy) is 1. The van der Waals surface area contributed by atoms with E-state index in [1.165, 1.54) is 13.0 Å². The Morgan fingerprint density at radius 1 is 1.21 bits per heavy atom. The molecule has 19 heavy (non-hydrogen) atoms. The quantitative estimate of drug-likeness (QED) is 0.441. The highest BCUT2D eigenvalue weighted by Crippen LogP contribution is 2.28. The van der Waals surface area contributed by atoms with E-state index in [-0.39, 0.29) is 24.2 Å². The van der Waals surface area contributed by atoms with Crippen LogP contribution in [-0.4, -0.2) is 19.4 Å². The summed E-state index contributed by atoms with van der Waals surface area (Å²) in [6.45, 7) is -0.187. The highest BCUT2D eigenvalue weighted by atomic mass is 35.5. The van der Waals surface area contributed by atoms with Gasteiger partial charge in [-0.05, 0) is 25.0 Å². The van der Waals surface area contributed by atoms with Gasteiger partial charge in [-0.25, -0.2) is 8.78 Å². The molecule has 1 aromatic rings. The highest BCUT2D eigenvalue weighted by Gasteiger charge is 2.27. The minimum atomic E-state index is -4.40. The average molecular weight is 303 g/mol. The Morgan fingerprint density at radius 3 is 2.42 bits per heavy atom. The highest BCUT2D eigenvalue weighted by molar-refractivity contribution is 6.20. The molecule has 108 valence electrons. The number of halogens is 6. The monoisotopic (exact) mass is 302 g/mol. The third kappa shape index (κ3) is 5.32. The summed E-state index contributed by atoms with van der Waals surface area (Å²) in [5.74, 6) is -1.52. The van der Waals surface area contributed by atoms with Crippen molar-refractivity contribution in [3.8, 4) is 0 Å². The fraction of sp³-hybridized carbons (Fsp3) is 0.500. The van der Waals surface area contributed by atoms with E-state index in [0.717, 1.165) is 0 Å². The second kappa shape index (κ2) is 6.52. The van der Waals surface area contributed by atoms with Crippen molar-refractivity contribution >= 4 is 11.6 Å². The number of benzene rings is 1. The fourth-order valence-corrected chi connectivity index (χ4v) is 1.71. The Hall–Kier alpha value is -0.880. The van der Waals surface area contributed by atoms with Gasteiger partial charge in [0.1, 0.15) is 18.2 Å². The zero-order valence-corrected chi connectivity index (χ0v) is 10.8. The molecule has 0 aliphatic heterocycles. The molecule has 0 saturated carbocycles. The predicted molar refractivity (Wildman–Crippen MR) is 61.2 cm³/mol. The third-order valence-corrected chi connectivity index (χ3v) is 2.85. The molecule has 1 aromatic carbocycles. The standard InChI is InChI=1S/C12H12ClF5O/c1-7-4-8(11(15)5-10(7)14)9(13)2-3-19-6-12(16,17)18/h4-5,9H,2-3,6H2,1H3. The summed E-state index contributed by atoms with van der Waals surface area (Å²) in [5, 5.41) is -0.868. The molecule has 0 aliphatic rings. The largest absolute Gasteiger partial charge is 0.411 e. The minimum absolute atomic E-state index is 0.000369. The zero-order valence-electron chi connectivity index (χ0n) is 10.0. The first-order valence-electron chi connectivity index (χ1n) is 5.45. The molecule has 0 aromatic heterocycles. The van der Waals surface area contributed by atoms with Gasteiger partial charge in [0, 0.05) is 18.2 Å². The first-order valence-corrected chi connectivity index (χ1v) is 5.88. The molecule has 0 N–H and O–H groups in total. The van der Waals surface area contributed by atoms with Gasteiger partial charge in [-0.2, -0.15) is 13.2 Å². The van der Waals surface area contributed by atoms with E-state index in [9.17, 15) is 22.0 Å². The van der Waals surface area contributed by atoms with Gasteiger partial charge in [0.05, 0.1) is 5.38 Å². The molecular weight excluding hydrogens is 291 g/mol. The van der Waals surface area contributed by atoms with Crippen molar-refractivity contribution in [2.45, 2.75) is 24.9 Å². The van der Waals surface area contributed by atoms with Crippen LogP contribution in [0.5, 0.6) is 0 Å². The van der Waals surface area contributed by atoms with Crippen molar-refractivity contribution in [1.82, 2.24) is 0 Å². The van der Waals surface area contributed by atoms with Gasteiger partial charge in [0.25, 0.3) is 0 Å². The molecule has 0 saturated heterocycles. The SMILES string of the molecule is Cc1cc(C(Cl)CCOCC(F)(F)F)c(F)cc1F. The molecular formula is C12H12ClF5O. The van der Waals surface area contributed by atoms with Crippen LogP contribution in [0.1, 0.15) is 22.9 Å². The summed E-state index contributed by atoms with van der Waals surface area (Å²) in [5.41, 5.74) is 0.273. The molecule has 1 rings (SSSR count). The molecule has 0 fully saturated rings. The van der Waals surface area contributed by atoms with E-state index < -0.39 is 29.8 Å². The van der Waals surface area contributed by atoms with Crippen molar-refractivity contribution in [1.29, 1.82) is 0 Å². The third-order valence-electron chi connectivity index (χ3n) is 2.40. The van der Waals surface area contributed by atoms with Crippen molar-refractivity contribution in [3.05, 3.63) is 34.9 Å². The molecule has 0 amide bonds. The van der Waals surface area contributed by atoms with Crippen LogP contribution in [0.3, 0.4) is 0 Å². The number of alkyl halides is 4. The first-order chi connectivity index (χ1) is 8.70. The summed E-state index contributed by atoms with van der Waals surface area (Å²) in [6, 6.07) is 1.95. The van der Waals surface area contributed by atoms with Gasteiger partial charge in [-0.1, -0.05) is 0 Å². The lowest BCUT2D eigenvalue weighted by molar-refractivity contribution is -0.174. The van der Waals surface area contributed by atoms with Gasteiger partial charge < -0.3 is 4.74 Å². The van der Waals surface area contributed by atoms with E-state index in [0.29, 0.717) is 6.07 Å². The van der Waals surface area contributed by atoms with Crippen molar-refractivity contribution in [2.24, 2.45) is 0 Å². The summed E-state index contributed by atoms with van der Waals surface area (Å²) >= 11 is 5.86. The molecule has 0 radical (unpaired) electrons. The molecule has 1 atom stereocenters. The molecule has 0 spiro atoms. The Morgan fingerprint density at radius 2 is 1.84 bits per heavy atom. The summed E-state index contributed by atoms with van der Waals surface area (Å²) in [7, 11) is 0. The molecule has 0 aliphatic carbocycles. The Balaban J connectivity index is 2.54. The number of hydrogen-bond acceptors (Lipinski definition) is 1. The minimum Gasteiger partial charge on any atom is -0.372 e. The van der Waals surface area contributed by atoms with Crippen molar-refractivity contribution < 1.29 is 26.7 Å². The van der Waals surface area contributed by atoms with Crippen LogP contribution < -0.4 is 0 Å². The lowest BCUT2D eigenvalue weighted by atomic mass is 10.1. The maximum Gasteiger partial charge on any atom is 0.411 e. The van der Waals surface area contributed by atoms with Crippen LogP contribution in [0.4, 0.5) is 22.0 Å². The van der Waals surface area contributed by atoms with E-state index in [1.807, 2.05) is 0 Å². The Labute approximate surface area is 112 Å². The number of hydrogen-bond donors (Lipinski definition) is 0. The van der Waals surface area contributed by atoms with Crippen LogP contribution in [0.25, 0.3) is 0 Å². The summed E-state index contributed by atoms with van der Waals surface area (Å²) in [4.78, 5) is 0. The smallest absolute Gasteiger partial charge is 0.372 e.